The number of hydrogen-bond acceptors (Lipinski definition) is 3. The fourth-order valence-electron chi connectivity index (χ4n) is 3.41. The molecule has 1 saturated carbocycles. The van der Waals surface area contributed by atoms with Gasteiger partial charge in [-0.25, -0.2) is 8.42 Å². The number of benzene rings is 1. The molecule has 0 bridgehead atoms. The molecule has 1 fully saturated rings. The van der Waals surface area contributed by atoms with Crippen LogP contribution in [0.4, 0.5) is 0 Å². The summed E-state index contributed by atoms with van der Waals surface area (Å²) in [5.74, 6) is 1.08. The predicted molar refractivity (Wildman–Crippen MR) is 78.9 cm³/mol. The van der Waals surface area contributed by atoms with Gasteiger partial charge in [-0.3, -0.25) is 4.98 Å². The molecule has 2 aliphatic carbocycles. The second kappa shape index (κ2) is 4.29. The molecule has 20 heavy (non-hydrogen) atoms. The van der Waals surface area contributed by atoms with Gasteiger partial charge in [-0.1, -0.05) is 6.92 Å². The first-order valence-corrected chi connectivity index (χ1v) is 8.40. The lowest BCUT2D eigenvalue weighted by Gasteiger charge is -2.09. The minimum Gasteiger partial charge on any atom is -0.260 e. The Morgan fingerprint density at radius 1 is 1.20 bits per heavy atom. The molecule has 1 unspecified atom stereocenters. The van der Waals surface area contributed by atoms with Crippen LogP contribution in [0.5, 0.6) is 0 Å². The number of pyridine rings is 1. The van der Waals surface area contributed by atoms with E-state index >= 15 is 0 Å². The SMILES string of the molecule is CC1Cc2cc3cnc(C4CC4)cc3c([SH](=O)=O)c2C1. The Morgan fingerprint density at radius 3 is 2.70 bits per heavy atom. The van der Waals surface area contributed by atoms with E-state index in [1.54, 1.807) is 0 Å². The molecule has 2 aliphatic rings. The average molecular weight is 287 g/mol. The zero-order chi connectivity index (χ0) is 13.9. The Hall–Kier alpha value is -1.42. The molecule has 1 atom stereocenters. The van der Waals surface area contributed by atoms with Gasteiger partial charge in [-0.05, 0) is 54.9 Å². The van der Waals surface area contributed by atoms with Crippen LogP contribution in [0.2, 0.25) is 0 Å². The third kappa shape index (κ3) is 1.85. The lowest BCUT2D eigenvalue weighted by molar-refractivity contribution is 0.610. The summed E-state index contributed by atoms with van der Waals surface area (Å²) in [7, 11) is -2.56. The summed E-state index contributed by atoms with van der Waals surface area (Å²) in [6.45, 7) is 2.18. The summed E-state index contributed by atoms with van der Waals surface area (Å²) < 4.78 is 23.6. The van der Waals surface area contributed by atoms with E-state index in [1.807, 2.05) is 12.3 Å². The fourth-order valence-corrected chi connectivity index (χ4v) is 4.25. The molecule has 0 N–H and O–H groups in total. The van der Waals surface area contributed by atoms with Crippen molar-refractivity contribution in [3.8, 4) is 0 Å². The van der Waals surface area contributed by atoms with Crippen molar-refractivity contribution in [1.29, 1.82) is 0 Å². The summed E-state index contributed by atoms with van der Waals surface area (Å²) in [6.07, 6.45) is 6.07. The Morgan fingerprint density at radius 2 is 2.00 bits per heavy atom. The zero-order valence-electron chi connectivity index (χ0n) is 11.4. The van der Waals surface area contributed by atoms with Crippen LogP contribution in [0, 0.1) is 5.92 Å². The van der Waals surface area contributed by atoms with Crippen molar-refractivity contribution in [2.75, 3.05) is 0 Å². The van der Waals surface area contributed by atoms with E-state index in [9.17, 15) is 8.42 Å². The van der Waals surface area contributed by atoms with Crippen molar-refractivity contribution in [2.45, 2.75) is 43.4 Å². The molecule has 0 spiro atoms. The summed E-state index contributed by atoms with van der Waals surface area (Å²) in [5, 5.41) is 1.85. The molecule has 1 aromatic heterocycles. The minimum absolute atomic E-state index is 0.534. The highest BCUT2D eigenvalue weighted by atomic mass is 32.2. The summed E-state index contributed by atoms with van der Waals surface area (Å²) in [4.78, 5) is 5.07. The van der Waals surface area contributed by atoms with Crippen molar-refractivity contribution in [3.63, 3.8) is 0 Å². The standard InChI is InChI=1S/C16H17NO2S/c1-9-4-11-6-12-8-17-15(10-2-3-10)7-14(12)16(20(18)19)13(11)5-9/h6-10,20H,2-5H2,1H3. The van der Waals surface area contributed by atoms with E-state index < -0.39 is 10.7 Å². The quantitative estimate of drug-likeness (QED) is 0.864. The largest absolute Gasteiger partial charge is 0.260 e. The summed E-state index contributed by atoms with van der Waals surface area (Å²) >= 11 is 0. The molecule has 4 rings (SSSR count). The number of fused-ring (bicyclic) bond motifs is 2. The van der Waals surface area contributed by atoms with E-state index in [4.69, 9.17) is 0 Å². The third-order valence-corrected chi connectivity index (χ3v) is 5.39. The lowest BCUT2D eigenvalue weighted by Crippen LogP contribution is -1.96. The van der Waals surface area contributed by atoms with Crippen LogP contribution in [0.15, 0.2) is 23.2 Å². The first-order chi connectivity index (χ1) is 9.63. The van der Waals surface area contributed by atoms with Crippen LogP contribution in [-0.4, -0.2) is 13.4 Å². The molecule has 3 nitrogen and oxygen atoms in total. The Kier molecular flexibility index (Phi) is 2.64. The zero-order valence-corrected chi connectivity index (χ0v) is 12.3. The topological polar surface area (TPSA) is 47.0 Å². The Balaban J connectivity index is 2.04. The van der Waals surface area contributed by atoms with Crippen molar-refractivity contribution in [2.24, 2.45) is 5.92 Å². The van der Waals surface area contributed by atoms with E-state index in [0.29, 0.717) is 16.7 Å². The Labute approximate surface area is 120 Å². The predicted octanol–water partition coefficient (Wildman–Crippen LogP) is 2.82. The highest BCUT2D eigenvalue weighted by molar-refractivity contribution is 7.72. The maximum atomic E-state index is 11.8. The molecule has 0 amide bonds. The van der Waals surface area contributed by atoms with Crippen LogP contribution in [0.25, 0.3) is 10.8 Å². The molecular weight excluding hydrogens is 270 g/mol. The maximum absolute atomic E-state index is 11.8. The number of rotatable bonds is 2. The number of nitrogens with zero attached hydrogens (tertiary/aromatic N) is 1. The van der Waals surface area contributed by atoms with Crippen LogP contribution < -0.4 is 0 Å². The number of thiol groups is 1. The van der Waals surface area contributed by atoms with Crippen molar-refractivity contribution >= 4 is 21.5 Å². The molecule has 0 aliphatic heterocycles. The minimum atomic E-state index is -2.56. The molecule has 1 aromatic carbocycles. The normalized spacial score (nSPS) is 21.6. The lowest BCUT2D eigenvalue weighted by atomic mass is 10.0. The monoisotopic (exact) mass is 287 g/mol. The van der Waals surface area contributed by atoms with Gasteiger partial charge >= 0.3 is 0 Å². The molecule has 4 heteroatoms. The molecule has 1 heterocycles. The van der Waals surface area contributed by atoms with Gasteiger partial charge in [0.15, 0.2) is 10.7 Å². The van der Waals surface area contributed by atoms with E-state index in [2.05, 4.69) is 18.0 Å². The number of aromatic nitrogens is 1. The molecule has 0 radical (unpaired) electrons. The summed E-state index contributed by atoms with van der Waals surface area (Å²) in [6, 6.07) is 4.15. The second-order valence-corrected chi connectivity index (χ2v) is 7.20. The van der Waals surface area contributed by atoms with Crippen LogP contribution in [0.3, 0.4) is 0 Å². The van der Waals surface area contributed by atoms with Crippen molar-refractivity contribution in [1.82, 2.24) is 4.98 Å². The van der Waals surface area contributed by atoms with Gasteiger partial charge in [0.05, 0.1) is 4.90 Å². The van der Waals surface area contributed by atoms with Gasteiger partial charge in [0.1, 0.15) is 0 Å². The second-order valence-electron chi connectivity index (χ2n) is 6.24. The average Bonchev–Trinajstić information content (AvgIpc) is 3.17. The molecule has 104 valence electrons. The van der Waals surface area contributed by atoms with E-state index in [1.165, 1.54) is 18.4 Å². The molecule has 0 saturated heterocycles. The van der Waals surface area contributed by atoms with Crippen LogP contribution in [-0.2, 0) is 23.5 Å². The maximum Gasteiger partial charge on any atom is 0.169 e. The first kappa shape index (κ1) is 12.3. The van der Waals surface area contributed by atoms with Crippen molar-refractivity contribution in [3.05, 3.63) is 35.2 Å². The van der Waals surface area contributed by atoms with Gasteiger partial charge in [0.2, 0.25) is 0 Å². The number of hydrogen-bond donors (Lipinski definition) is 1. The van der Waals surface area contributed by atoms with Gasteiger partial charge in [-0.2, -0.15) is 0 Å². The van der Waals surface area contributed by atoms with Gasteiger partial charge in [0, 0.05) is 28.6 Å². The first-order valence-electron chi connectivity index (χ1n) is 7.22. The van der Waals surface area contributed by atoms with Crippen LogP contribution in [0.1, 0.15) is 42.5 Å². The molecule has 2 aromatic rings. The van der Waals surface area contributed by atoms with Gasteiger partial charge in [-0.15, -0.1) is 0 Å². The Bertz CT molecular complexity index is 783. The van der Waals surface area contributed by atoms with Gasteiger partial charge in [0.25, 0.3) is 0 Å². The van der Waals surface area contributed by atoms with E-state index in [-0.39, 0.29) is 0 Å². The van der Waals surface area contributed by atoms with Crippen molar-refractivity contribution < 1.29 is 8.42 Å². The highest BCUT2D eigenvalue weighted by Gasteiger charge is 2.27. The van der Waals surface area contributed by atoms with Crippen LogP contribution >= 0.6 is 0 Å². The third-order valence-electron chi connectivity index (χ3n) is 4.51. The molecular formula is C16H17NO2S. The van der Waals surface area contributed by atoms with Gasteiger partial charge < -0.3 is 0 Å². The highest BCUT2D eigenvalue weighted by Crippen LogP contribution is 2.41. The summed E-state index contributed by atoms with van der Waals surface area (Å²) in [5.41, 5.74) is 3.30. The van der Waals surface area contributed by atoms with E-state index in [0.717, 1.165) is 34.9 Å². The smallest absolute Gasteiger partial charge is 0.169 e. The fraction of sp³-hybridized carbons (Fsp3) is 0.438.